The van der Waals surface area contributed by atoms with E-state index in [2.05, 4.69) is 47.6 Å². The van der Waals surface area contributed by atoms with E-state index in [-0.39, 0.29) is 10.8 Å². The third-order valence-electron chi connectivity index (χ3n) is 5.98. The summed E-state index contributed by atoms with van der Waals surface area (Å²) in [5, 5.41) is 0. The van der Waals surface area contributed by atoms with E-state index in [9.17, 15) is 4.79 Å². The molecule has 4 aromatic rings. The second-order valence-electron chi connectivity index (χ2n) is 11.1. The van der Waals surface area contributed by atoms with Crippen molar-refractivity contribution in [2.24, 2.45) is 0 Å². The molecule has 0 heterocycles. The van der Waals surface area contributed by atoms with Crippen LogP contribution in [-0.2, 0) is 10.8 Å². The Kier molecular flexibility index (Phi) is 7.40. The maximum absolute atomic E-state index is 12.9. The molecule has 4 rings (SSSR count). The number of hydrogen-bond acceptors (Lipinski definition) is 4. The van der Waals surface area contributed by atoms with Crippen LogP contribution >= 0.6 is 0 Å². The van der Waals surface area contributed by atoms with E-state index in [1.807, 2.05) is 66.7 Å². The van der Waals surface area contributed by atoms with Gasteiger partial charge in [0.15, 0.2) is 0 Å². The molecule has 0 aliphatic heterocycles. The van der Waals surface area contributed by atoms with Crippen molar-refractivity contribution in [3.63, 3.8) is 0 Å². The van der Waals surface area contributed by atoms with Crippen molar-refractivity contribution in [1.29, 1.82) is 0 Å². The van der Waals surface area contributed by atoms with Gasteiger partial charge in [-0.3, -0.25) is 0 Å². The highest BCUT2D eigenvalue weighted by atomic mass is 16.7. The van der Waals surface area contributed by atoms with E-state index in [0.717, 1.165) is 22.4 Å². The largest absolute Gasteiger partial charge is 0.519 e. The van der Waals surface area contributed by atoms with Crippen LogP contribution in [0.1, 0.15) is 52.7 Å². The van der Waals surface area contributed by atoms with Crippen LogP contribution in [0.2, 0.25) is 0 Å². The summed E-state index contributed by atoms with van der Waals surface area (Å²) in [6.07, 6.45) is -0.794. The van der Waals surface area contributed by atoms with E-state index < -0.39 is 6.16 Å². The molecule has 0 aromatic heterocycles. The van der Waals surface area contributed by atoms with Gasteiger partial charge in [0.1, 0.15) is 23.0 Å². The Morgan fingerprint density at radius 1 is 0.568 bits per heavy atom. The molecule has 0 bridgehead atoms. The summed E-state index contributed by atoms with van der Waals surface area (Å²) in [5.41, 5.74) is 3.99. The second-order valence-corrected chi connectivity index (χ2v) is 11.1. The van der Waals surface area contributed by atoms with E-state index in [4.69, 9.17) is 14.2 Å². The van der Waals surface area contributed by atoms with Crippen LogP contribution < -0.4 is 14.2 Å². The molecule has 0 saturated heterocycles. The minimum Gasteiger partial charge on any atom is -0.457 e. The number of hydrogen-bond donors (Lipinski definition) is 0. The average Bonchev–Trinajstić information content (AvgIpc) is 2.85. The first-order valence-electron chi connectivity index (χ1n) is 12.5. The first-order chi connectivity index (χ1) is 17.5. The number of ether oxygens (including phenoxy) is 3. The molecule has 0 aliphatic carbocycles. The van der Waals surface area contributed by atoms with Gasteiger partial charge in [0, 0.05) is 5.56 Å². The average molecular weight is 495 g/mol. The number of benzene rings is 4. The Morgan fingerprint density at radius 2 is 1.11 bits per heavy atom. The Balaban J connectivity index is 1.62. The van der Waals surface area contributed by atoms with Gasteiger partial charge in [0.2, 0.25) is 0 Å². The molecule has 0 fully saturated rings. The molecule has 4 heteroatoms. The van der Waals surface area contributed by atoms with Crippen LogP contribution in [0.4, 0.5) is 4.79 Å². The Hall–Kier alpha value is -4.05. The van der Waals surface area contributed by atoms with Crippen LogP contribution in [0.25, 0.3) is 11.1 Å². The Morgan fingerprint density at radius 3 is 1.68 bits per heavy atom. The number of para-hydroxylation sites is 1. The van der Waals surface area contributed by atoms with Crippen molar-refractivity contribution in [2.45, 2.75) is 52.4 Å². The Labute approximate surface area is 219 Å². The molecule has 0 N–H and O–H groups in total. The zero-order valence-electron chi connectivity index (χ0n) is 22.4. The van der Waals surface area contributed by atoms with Crippen molar-refractivity contribution < 1.29 is 19.0 Å². The third-order valence-corrected chi connectivity index (χ3v) is 5.98. The topological polar surface area (TPSA) is 44.8 Å². The lowest BCUT2D eigenvalue weighted by Gasteiger charge is -2.33. The molecule has 0 spiro atoms. The molecule has 0 aliphatic rings. The number of carbonyl (C=O) groups is 1. The highest BCUT2D eigenvalue weighted by Crippen LogP contribution is 2.45. The molecule has 0 radical (unpaired) electrons. The van der Waals surface area contributed by atoms with Crippen LogP contribution in [0, 0.1) is 0 Å². The molecule has 37 heavy (non-hydrogen) atoms. The van der Waals surface area contributed by atoms with Gasteiger partial charge in [0.05, 0.1) is 0 Å². The van der Waals surface area contributed by atoms with Gasteiger partial charge in [-0.05, 0) is 70.0 Å². The van der Waals surface area contributed by atoms with Gasteiger partial charge >= 0.3 is 6.16 Å². The van der Waals surface area contributed by atoms with E-state index in [1.165, 1.54) is 5.56 Å². The van der Waals surface area contributed by atoms with Gasteiger partial charge in [-0.2, -0.15) is 0 Å². The normalized spacial score (nSPS) is 11.6. The SMILES string of the molecule is CC(C)(C)c1ccc(OC(=O)Oc2ccc(Oc3ccccc3)cc2)c(-c2ccccc2)c1C(C)(C)C. The zero-order chi connectivity index (χ0) is 26.6. The van der Waals surface area contributed by atoms with Crippen molar-refractivity contribution in [3.05, 3.63) is 108 Å². The van der Waals surface area contributed by atoms with Crippen LogP contribution in [0.15, 0.2) is 97.1 Å². The summed E-state index contributed by atoms with van der Waals surface area (Å²) < 4.78 is 17.2. The molecular formula is C33H34O4. The maximum atomic E-state index is 12.9. The highest BCUT2D eigenvalue weighted by molar-refractivity contribution is 5.80. The van der Waals surface area contributed by atoms with Gasteiger partial charge in [-0.1, -0.05) is 96.1 Å². The lowest BCUT2D eigenvalue weighted by molar-refractivity contribution is 0.152. The summed E-state index contributed by atoms with van der Waals surface area (Å²) in [4.78, 5) is 12.9. The molecule has 190 valence electrons. The molecule has 4 nitrogen and oxygen atoms in total. The first kappa shape index (κ1) is 26.0. The van der Waals surface area contributed by atoms with Crippen molar-refractivity contribution in [1.82, 2.24) is 0 Å². The highest BCUT2D eigenvalue weighted by Gasteiger charge is 2.31. The molecule has 4 aromatic carbocycles. The van der Waals surface area contributed by atoms with Gasteiger partial charge in [-0.25, -0.2) is 4.79 Å². The third kappa shape index (κ3) is 6.39. The fourth-order valence-electron chi connectivity index (χ4n) is 4.37. The summed E-state index contributed by atoms with van der Waals surface area (Å²) >= 11 is 0. The first-order valence-corrected chi connectivity index (χ1v) is 12.5. The predicted molar refractivity (Wildman–Crippen MR) is 149 cm³/mol. The molecule has 0 unspecified atom stereocenters. The minimum atomic E-state index is -0.794. The summed E-state index contributed by atoms with van der Waals surface area (Å²) in [5.74, 6) is 2.22. The zero-order valence-corrected chi connectivity index (χ0v) is 22.4. The van der Waals surface area contributed by atoms with Crippen LogP contribution in [0.5, 0.6) is 23.0 Å². The van der Waals surface area contributed by atoms with Crippen LogP contribution in [-0.4, -0.2) is 6.16 Å². The number of carbonyl (C=O) groups excluding carboxylic acids is 1. The van der Waals surface area contributed by atoms with Gasteiger partial charge in [0.25, 0.3) is 0 Å². The fraction of sp³-hybridized carbons (Fsp3) is 0.242. The summed E-state index contributed by atoms with van der Waals surface area (Å²) in [6.45, 7) is 13.2. The molecule has 0 saturated carbocycles. The second kappa shape index (κ2) is 10.5. The van der Waals surface area contributed by atoms with Crippen molar-refractivity contribution in [2.75, 3.05) is 0 Å². The standard InChI is InChI=1S/C33H34O4/c1-32(2,3)27-21-22-28(29(30(27)33(4,5)6)23-13-9-7-10-14-23)37-31(34)36-26-19-17-25(18-20-26)35-24-15-11-8-12-16-24/h7-22H,1-6H3. The lowest BCUT2D eigenvalue weighted by Crippen LogP contribution is -2.24. The summed E-state index contributed by atoms with van der Waals surface area (Å²) in [6, 6.07) is 30.3. The Bertz CT molecular complexity index is 1340. The van der Waals surface area contributed by atoms with Gasteiger partial charge < -0.3 is 14.2 Å². The predicted octanol–water partition coefficient (Wildman–Crippen LogP) is 9.32. The van der Waals surface area contributed by atoms with E-state index in [0.29, 0.717) is 17.2 Å². The van der Waals surface area contributed by atoms with Crippen LogP contribution in [0.3, 0.4) is 0 Å². The monoisotopic (exact) mass is 494 g/mol. The molecular weight excluding hydrogens is 460 g/mol. The summed E-state index contributed by atoms with van der Waals surface area (Å²) in [7, 11) is 0. The lowest BCUT2D eigenvalue weighted by atomic mass is 9.72. The van der Waals surface area contributed by atoms with E-state index >= 15 is 0 Å². The minimum absolute atomic E-state index is 0.0885. The van der Waals surface area contributed by atoms with Crippen molar-refractivity contribution in [3.8, 4) is 34.1 Å². The fourth-order valence-corrected chi connectivity index (χ4v) is 4.37. The number of rotatable bonds is 5. The van der Waals surface area contributed by atoms with Crippen molar-refractivity contribution >= 4 is 6.16 Å². The molecule has 0 amide bonds. The molecule has 0 atom stereocenters. The van der Waals surface area contributed by atoms with Gasteiger partial charge in [-0.15, -0.1) is 0 Å². The quantitative estimate of drug-likeness (QED) is 0.205. The van der Waals surface area contributed by atoms with E-state index in [1.54, 1.807) is 24.3 Å². The maximum Gasteiger partial charge on any atom is 0.519 e. The smallest absolute Gasteiger partial charge is 0.457 e.